The Morgan fingerprint density at radius 1 is 1.04 bits per heavy atom. The van der Waals surface area contributed by atoms with E-state index in [0.29, 0.717) is 17.0 Å². The number of sulfonamides is 1. The molecule has 14 heteroatoms. The van der Waals surface area contributed by atoms with Crippen LogP contribution in [0.2, 0.25) is 10.0 Å². The second-order valence-corrected chi connectivity index (χ2v) is 13.1. The van der Waals surface area contributed by atoms with E-state index in [9.17, 15) is 28.1 Å². The van der Waals surface area contributed by atoms with Crippen LogP contribution in [0.25, 0.3) is 0 Å². The lowest BCUT2D eigenvalue weighted by molar-refractivity contribution is -0.385. The van der Waals surface area contributed by atoms with Gasteiger partial charge in [-0.05, 0) is 62.6 Å². The molecule has 0 saturated heterocycles. The summed E-state index contributed by atoms with van der Waals surface area (Å²) in [5.74, 6) is -1.05. The summed E-state index contributed by atoms with van der Waals surface area (Å²) in [6, 6.07) is 13.4. The minimum atomic E-state index is -4.65. The molecule has 2 amide bonds. The monoisotopic (exact) mass is 678 g/mol. The lowest BCUT2D eigenvalue weighted by Gasteiger charge is -2.34. The standard InChI is InChI=1S/C31H36Cl2N4O7S/c1-6-21(4)34-31(39)26(7-2)35(18-22-10-8-9-11-25(22)33)30(38)19-36(28-16-23(32)13-15-29(28)44-5)45(42,43)24-14-12-20(3)27(17-24)37(40)41/h8-17,21,26H,6-7,18-19H2,1-5H3,(H,34,39)/t21-,26+/m0/s1. The molecule has 11 nitrogen and oxygen atoms in total. The summed E-state index contributed by atoms with van der Waals surface area (Å²) in [5.41, 5.74) is 0.321. The number of carbonyl (C=O) groups excluding carboxylic acids is 2. The van der Waals surface area contributed by atoms with E-state index in [4.69, 9.17) is 27.9 Å². The van der Waals surface area contributed by atoms with Gasteiger partial charge in [-0.2, -0.15) is 0 Å². The van der Waals surface area contributed by atoms with Crippen LogP contribution in [0.4, 0.5) is 11.4 Å². The predicted octanol–water partition coefficient (Wildman–Crippen LogP) is 6.14. The maximum absolute atomic E-state index is 14.3. The van der Waals surface area contributed by atoms with Crippen LogP contribution in [-0.2, 0) is 26.2 Å². The van der Waals surface area contributed by atoms with Crippen LogP contribution in [0.1, 0.15) is 44.7 Å². The molecule has 1 N–H and O–H groups in total. The van der Waals surface area contributed by atoms with Crippen LogP contribution in [0.3, 0.4) is 0 Å². The van der Waals surface area contributed by atoms with Crippen LogP contribution >= 0.6 is 23.2 Å². The predicted molar refractivity (Wildman–Crippen MR) is 174 cm³/mol. The lowest BCUT2D eigenvalue weighted by Crippen LogP contribution is -2.53. The van der Waals surface area contributed by atoms with Crippen LogP contribution in [0.15, 0.2) is 65.6 Å². The largest absolute Gasteiger partial charge is 0.495 e. The van der Waals surface area contributed by atoms with Crippen molar-refractivity contribution in [2.24, 2.45) is 0 Å². The fourth-order valence-electron chi connectivity index (χ4n) is 4.62. The molecule has 3 aromatic rings. The van der Waals surface area contributed by atoms with E-state index < -0.39 is 49.9 Å². The zero-order valence-corrected chi connectivity index (χ0v) is 27.9. The number of hydrogen-bond acceptors (Lipinski definition) is 7. The van der Waals surface area contributed by atoms with Crippen LogP contribution in [0.5, 0.6) is 5.75 Å². The molecule has 0 spiro atoms. The minimum absolute atomic E-state index is 0.0728. The first kappa shape index (κ1) is 35.6. The van der Waals surface area contributed by atoms with Crippen molar-refractivity contribution in [2.45, 2.75) is 64.1 Å². The summed E-state index contributed by atoms with van der Waals surface area (Å²) in [6.07, 6.45) is 0.875. The van der Waals surface area contributed by atoms with E-state index in [-0.39, 0.29) is 41.0 Å². The number of aryl methyl sites for hydroxylation is 1. The number of nitro groups is 1. The number of methoxy groups -OCH3 is 1. The summed E-state index contributed by atoms with van der Waals surface area (Å²) in [6.45, 7) is 6.09. The van der Waals surface area contributed by atoms with E-state index in [0.717, 1.165) is 10.4 Å². The number of nitrogens with zero attached hydrogens (tertiary/aromatic N) is 3. The average molecular weight is 680 g/mol. The van der Waals surface area contributed by atoms with Crippen LogP contribution in [-0.4, -0.2) is 55.8 Å². The van der Waals surface area contributed by atoms with Crippen molar-refractivity contribution in [3.05, 3.63) is 92.0 Å². The third kappa shape index (κ3) is 8.44. The first-order chi connectivity index (χ1) is 21.2. The smallest absolute Gasteiger partial charge is 0.273 e. The number of benzene rings is 3. The third-order valence-electron chi connectivity index (χ3n) is 7.34. The number of nitrogens with one attached hydrogen (secondary N) is 1. The number of nitro benzene ring substituents is 1. The molecule has 242 valence electrons. The van der Waals surface area contributed by atoms with Crippen molar-refractivity contribution in [3.8, 4) is 5.75 Å². The molecule has 0 aliphatic carbocycles. The normalized spacial score (nSPS) is 12.6. The molecule has 0 saturated carbocycles. The van der Waals surface area contributed by atoms with E-state index in [1.807, 2.05) is 13.8 Å². The summed E-state index contributed by atoms with van der Waals surface area (Å²) in [7, 11) is -3.32. The number of anilines is 1. The number of rotatable bonds is 14. The summed E-state index contributed by atoms with van der Waals surface area (Å²) in [4.78, 5) is 39.6. The SMILES string of the molecule is CC[C@H](C(=O)N[C@@H](C)CC)N(Cc1ccccc1Cl)C(=O)CN(c1cc(Cl)ccc1OC)S(=O)(=O)c1ccc(C)c([N+](=O)[O-])c1. The molecule has 45 heavy (non-hydrogen) atoms. The zero-order valence-electron chi connectivity index (χ0n) is 25.6. The summed E-state index contributed by atoms with van der Waals surface area (Å²) in [5, 5.41) is 15.1. The van der Waals surface area contributed by atoms with Gasteiger partial charge in [0.05, 0.1) is 22.6 Å². The number of amides is 2. The first-order valence-corrected chi connectivity index (χ1v) is 16.4. The van der Waals surface area contributed by atoms with Gasteiger partial charge in [0.25, 0.3) is 15.7 Å². The number of halogens is 2. The van der Waals surface area contributed by atoms with Gasteiger partial charge in [-0.1, -0.05) is 61.3 Å². The van der Waals surface area contributed by atoms with E-state index in [1.54, 1.807) is 31.2 Å². The lowest BCUT2D eigenvalue weighted by atomic mass is 10.1. The topological polar surface area (TPSA) is 139 Å². The zero-order chi connectivity index (χ0) is 33.5. The van der Waals surface area contributed by atoms with E-state index in [2.05, 4.69) is 5.32 Å². The fourth-order valence-corrected chi connectivity index (χ4v) is 6.41. The molecule has 0 aliphatic heterocycles. The highest BCUT2D eigenvalue weighted by Gasteiger charge is 2.36. The highest BCUT2D eigenvalue weighted by molar-refractivity contribution is 7.92. The highest BCUT2D eigenvalue weighted by Crippen LogP contribution is 2.36. The van der Waals surface area contributed by atoms with Gasteiger partial charge in [0.2, 0.25) is 11.8 Å². The molecule has 0 bridgehead atoms. The third-order valence-corrected chi connectivity index (χ3v) is 9.70. The van der Waals surface area contributed by atoms with E-state index in [1.165, 1.54) is 49.3 Å². The maximum atomic E-state index is 14.3. The van der Waals surface area contributed by atoms with Gasteiger partial charge < -0.3 is 15.0 Å². The Bertz CT molecular complexity index is 1670. The molecule has 3 aromatic carbocycles. The van der Waals surface area contributed by atoms with Gasteiger partial charge in [-0.15, -0.1) is 0 Å². The quantitative estimate of drug-likeness (QED) is 0.160. The molecule has 2 atom stereocenters. The Morgan fingerprint density at radius 2 is 1.73 bits per heavy atom. The van der Waals surface area contributed by atoms with Gasteiger partial charge in [0, 0.05) is 34.3 Å². The van der Waals surface area contributed by atoms with Crippen molar-refractivity contribution >= 4 is 56.4 Å². The van der Waals surface area contributed by atoms with Gasteiger partial charge in [-0.3, -0.25) is 24.0 Å². The van der Waals surface area contributed by atoms with Crippen molar-refractivity contribution in [3.63, 3.8) is 0 Å². The van der Waals surface area contributed by atoms with Gasteiger partial charge in [0.15, 0.2) is 0 Å². The van der Waals surface area contributed by atoms with Gasteiger partial charge in [-0.25, -0.2) is 8.42 Å². The van der Waals surface area contributed by atoms with Crippen molar-refractivity contribution < 1.29 is 27.7 Å². The van der Waals surface area contributed by atoms with Crippen molar-refractivity contribution in [1.82, 2.24) is 10.2 Å². The first-order valence-electron chi connectivity index (χ1n) is 14.2. The van der Waals surface area contributed by atoms with Crippen molar-refractivity contribution in [2.75, 3.05) is 18.0 Å². The van der Waals surface area contributed by atoms with Crippen LogP contribution in [0, 0.1) is 17.0 Å². The summed E-state index contributed by atoms with van der Waals surface area (Å²) < 4.78 is 34.7. The van der Waals surface area contributed by atoms with E-state index >= 15 is 0 Å². The Balaban J connectivity index is 2.20. The van der Waals surface area contributed by atoms with Crippen molar-refractivity contribution in [1.29, 1.82) is 0 Å². The highest BCUT2D eigenvalue weighted by atomic mass is 35.5. The molecular weight excluding hydrogens is 643 g/mol. The molecule has 0 fully saturated rings. The Kier molecular flexibility index (Phi) is 12.2. The number of hydrogen-bond donors (Lipinski definition) is 1. The second kappa shape index (κ2) is 15.4. The van der Waals surface area contributed by atoms with Gasteiger partial charge >= 0.3 is 0 Å². The summed E-state index contributed by atoms with van der Waals surface area (Å²) >= 11 is 12.7. The Morgan fingerprint density at radius 3 is 2.33 bits per heavy atom. The Labute approximate surface area is 273 Å². The number of ether oxygens (including phenoxy) is 1. The molecule has 3 rings (SSSR count). The molecule has 0 aromatic heterocycles. The molecule has 0 heterocycles. The van der Waals surface area contributed by atoms with Gasteiger partial charge in [0.1, 0.15) is 18.3 Å². The molecule has 0 unspecified atom stereocenters. The molecular formula is C31H36Cl2N4O7S. The average Bonchev–Trinajstić information content (AvgIpc) is 3.00. The molecule has 0 aliphatic rings. The fraction of sp³-hybridized carbons (Fsp3) is 0.355. The molecule has 0 radical (unpaired) electrons. The minimum Gasteiger partial charge on any atom is -0.495 e. The number of carbonyl (C=O) groups is 2. The van der Waals surface area contributed by atoms with Crippen LogP contribution < -0.4 is 14.4 Å². The Hall–Kier alpha value is -3.87. The maximum Gasteiger partial charge on any atom is 0.273 e. The second-order valence-electron chi connectivity index (χ2n) is 10.4.